The molecule has 2 aromatic carbocycles. The molecular formula is C20H24N2O2S. The highest BCUT2D eigenvalue weighted by Crippen LogP contribution is 2.24. The van der Waals surface area contributed by atoms with Gasteiger partial charge in [0.2, 0.25) is 5.91 Å². The molecule has 0 atom stereocenters. The quantitative estimate of drug-likeness (QED) is 0.826. The van der Waals surface area contributed by atoms with Crippen LogP contribution in [0.25, 0.3) is 0 Å². The second kappa shape index (κ2) is 8.41. The summed E-state index contributed by atoms with van der Waals surface area (Å²) in [4.78, 5) is 15.7. The fourth-order valence-electron chi connectivity index (χ4n) is 2.78. The van der Waals surface area contributed by atoms with Crippen molar-refractivity contribution in [1.29, 1.82) is 0 Å². The maximum Gasteiger partial charge on any atom is 0.234 e. The number of rotatable bonds is 5. The number of anilines is 2. The van der Waals surface area contributed by atoms with Crippen LogP contribution in [0.5, 0.6) is 0 Å². The Morgan fingerprint density at radius 3 is 2.56 bits per heavy atom. The van der Waals surface area contributed by atoms with Crippen molar-refractivity contribution in [3.8, 4) is 0 Å². The second-order valence-electron chi connectivity index (χ2n) is 6.25. The molecule has 0 radical (unpaired) electrons. The van der Waals surface area contributed by atoms with Crippen molar-refractivity contribution >= 4 is 29.0 Å². The molecule has 0 saturated carbocycles. The van der Waals surface area contributed by atoms with E-state index < -0.39 is 0 Å². The summed E-state index contributed by atoms with van der Waals surface area (Å²) in [5.74, 6) is 0.431. The van der Waals surface area contributed by atoms with E-state index in [-0.39, 0.29) is 5.91 Å². The summed E-state index contributed by atoms with van der Waals surface area (Å²) in [6, 6.07) is 14.4. The van der Waals surface area contributed by atoms with E-state index in [9.17, 15) is 4.79 Å². The molecule has 0 aliphatic carbocycles. The highest BCUT2D eigenvalue weighted by molar-refractivity contribution is 8.00. The molecule has 132 valence electrons. The van der Waals surface area contributed by atoms with Crippen molar-refractivity contribution in [2.24, 2.45) is 0 Å². The summed E-state index contributed by atoms with van der Waals surface area (Å²) in [6.45, 7) is 7.52. The summed E-state index contributed by atoms with van der Waals surface area (Å²) in [7, 11) is 0. The van der Waals surface area contributed by atoms with E-state index in [4.69, 9.17) is 4.74 Å². The van der Waals surface area contributed by atoms with Gasteiger partial charge in [-0.15, -0.1) is 11.8 Å². The summed E-state index contributed by atoms with van der Waals surface area (Å²) in [5.41, 5.74) is 4.43. The van der Waals surface area contributed by atoms with Gasteiger partial charge >= 0.3 is 0 Å². The zero-order valence-electron chi connectivity index (χ0n) is 14.7. The smallest absolute Gasteiger partial charge is 0.234 e. The molecule has 0 bridgehead atoms. The zero-order valence-corrected chi connectivity index (χ0v) is 15.6. The largest absolute Gasteiger partial charge is 0.378 e. The minimum atomic E-state index is 0.0185. The number of carbonyl (C=O) groups excluding carboxylic acids is 1. The molecule has 0 aromatic heterocycles. The summed E-state index contributed by atoms with van der Waals surface area (Å²) < 4.78 is 5.38. The van der Waals surface area contributed by atoms with Crippen LogP contribution in [0, 0.1) is 13.8 Å². The van der Waals surface area contributed by atoms with Gasteiger partial charge in [-0.2, -0.15) is 0 Å². The van der Waals surface area contributed by atoms with E-state index in [0.717, 1.165) is 36.9 Å². The minimum Gasteiger partial charge on any atom is -0.378 e. The first-order valence-corrected chi connectivity index (χ1v) is 9.53. The topological polar surface area (TPSA) is 41.6 Å². The Kier molecular flexibility index (Phi) is 6.00. The standard InChI is InChI=1S/C20H24N2O2S/c1-15-3-4-16(2)19(13-15)25-14-20(23)21-17-5-7-18(8-6-17)22-9-11-24-12-10-22/h3-8,13H,9-12,14H2,1-2H3,(H,21,23). The Morgan fingerprint density at radius 1 is 1.12 bits per heavy atom. The van der Waals surface area contributed by atoms with Crippen LogP contribution in [0.15, 0.2) is 47.4 Å². The van der Waals surface area contributed by atoms with Gasteiger partial charge in [-0.1, -0.05) is 17.7 Å². The predicted molar refractivity (Wildman–Crippen MR) is 105 cm³/mol. The molecule has 1 fully saturated rings. The van der Waals surface area contributed by atoms with Gasteiger partial charge in [-0.25, -0.2) is 0 Å². The van der Waals surface area contributed by atoms with E-state index in [1.807, 2.05) is 12.1 Å². The third kappa shape index (κ3) is 5.00. The number of carbonyl (C=O) groups is 1. The van der Waals surface area contributed by atoms with Crippen LogP contribution < -0.4 is 10.2 Å². The van der Waals surface area contributed by atoms with Crippen LogP contribution in [0.4, 0.5) is 11.4 Å². The number of thioether (sulfide) groups is 1. The number of hydrogen-bond donors (Lipinski definition) is 1. The molecule has 1 aliphatic heterocycles. The van der Waals surface area contributed by atoms with E-state index >= 15 is 0 Å². The van der Waals surface area contributed by atoms with Crippen LogP contribution in [-0.4, -0.2) is 38.0 Å². The number of nitrogens with zero attached hydrogens (tertiary/aromatic N) is 1. The Balaban J connectivity index is 1.53. The van der Waals surface area contributed by atoms with Gasteiger partial charge in [-0.3, -0.25) is 4.79 Å². The van der Waals surface area contributed by atoms with Gasteiger partial charge in [-0.05, 0) is 49.7 Å². The number of hydrogen-bond acceptors (Lipinski definition) is 4. The van der Waals surface area contributed by atoms with Gasteiger partial charge < -0.3 is 15.0 Å². The summed E-state index contributed by atoms with van der Waals surface area (Å²) in [5, 5.41) is 2.97. The van der Waals surface area contributed by atoms with E-state index in [1.54, 1.807) is 11.8 Å². The third-order valence-electron chi connectivity index (χ3n) is 4.23. The van der Waals surface area contributed by atoms with Gasteiger partial charge in [0.1, 0.15) is 0 Å². The first-order chi connectivity index (χ1) is 12.1. The maximum absolute atomic E-state index is 12.2. The van der Waals surface area contributed by atoms with Crippen LogP contribution in [-0.2, 0) is 9.53 Å². The molecule has 1 aliphatic rings. The fourth-order valence-corrected chi connectivity index (χ4v) is 3.70. The van der Waals surface area contributed by atoms with Crippen molar-refractivity contribution in [1.82, 2.24) is 0 Å². The number of ether oxygens (including phenoxy) is 1. The number of nitrogens with one attached hydrogen (secondary N) is 1. The van der Waals surface area contributed by atoms with Crippen LogP contribution in [0.1, 0.15) is 11.1 Å². The number of amides is 1. The van der Waals surface area contributed by atoms with Crippen molar-refractivity contribution < 1.29 is 9.53 Å². The molecule has 0 unspecified atom stereocenters. The molecule has 1 amide bonds. The molecule has 2 aromatic rings. The highest BCUT2D eigenvalue weighted by atomic mass is 32.2. The Labute approximate surface area is 153 Å². The number of morpholine rings is 1. The third-order valence-corrected chi connectivity index (χ3v) is 5.39. The Bertz CT molecular complexity index is 725. The van der Waals surface area contributed by atoms with Gasteiger partial charge in [0.15, 0.2) is 0 Å². The Morgan fingerprint density at radius 2 is 1.84 bits per heavy atom. The normalized spacial score (nSPS) is 14.4. The van der Waals surface area contributed by atoms with Gasteiger partial charge in [0.25, 0.3) is 0 Å². The lowest BCUT2D eigenvalue weighted by atomic mass is 10.2. The lowest BCUT2D eigenvalue weighted by Gasteiger charge is -2.28. The molecule has 1 N–H and O–H groups in total. The minimum absolute atomic E-state index is 0.0185. The molecule has 1 heterocycles. The average Bonchev–Trinajstić information content (AvgIpc) is 2.64. The fraction of sp³-hybridized carbons (Fsp3) is 0.350. The van der Waals surface area contributed by atoms with Crippen LogP contribution in [0.3, 0.4) is 0 Å². The van der Waals surface area contributed by atoms with Gasteiger partial charge in [0.05, 0.1) is 19.0 Å². The Hall–Kier alpha value is -1.98. The SMILES string of the molecule is Cc1ccc(C)c(SCC(=O)Nc2ccc(N3CCOCC3)cc2)c1. The zero-order chi connectivity index (χ0) is 17.6. The second-order valence-corrected chi connectivity index (χ2v) is 7.27. The molecule has 5 heteroatoms. The van der Waals surface area contributed by atoms with Crippen molar-refractivity contribution in [3.05, 3.63) is 53.6 Å². The van der Waals surface area contributed by atoms with Gasteiger partial charge in [0, 0.05) is 29.4 Å². The maximum atomic E-state index is 12.2. The van der Waals surface area contributed by atoms with Crippen LogP contribution in [0.2, 0.25) is 0 Å². The predicted octanol–water partition coefficient (Wildman–Crippen LogP) is 3.87. The monoisotopic (exact) mass is 356 g/mol. The van der Waals surface area contributed by atoms with Crippen molar-refractivity contribution in [2.75, 3.05) is 42.3 Å². The highest BCUT2D eigenvalue weighted by Gasteiger charge is 2.11. The first kappa shape index (κ1) is 17.8. The molecular weight excluding hydrogens is 332 g/mol. The first-order valence-electron chi connectivity index (χ1n) is 8.54. The van der Waals surface area contributed by atoms with Crippen molar-refractivity contribution in [2.45, 2.75) is 18.7 Å². The molecule has 4 nitrogen and oxygen atoms in total. The molecule has 1 saturated heterocycles. The lowest BCUT2D eigenvalue weighted by molar-refractivity contribution is -0.113. The molecule has 0 spiro atoms. The van der Waals surface area contributed by atoms with E-state index in [2.05, 4.69) is 54.4 Å². The number of aryl methyl sites for hydroxylation is 2. The summed E-state index contributed by atoms with van der Waals surface area (Å²) in [6.07, 6.45) is 0. The molecule has 25 heavy (non-hydrogen) atoms. The van der Waals surface area contributed by atoms with E-state index in [0.29, 0.717) is 5.75 Å². The van der Waals surface area contributed by atoms with Crippen molar-refractivity contribution in [3.63, 3.8) is 0 Å². The van der Waals surface area contributed by atoms with E-state index in [1.165, 1.54) is 16.8 Å². The van der Waals surface area contributed by atoms with Crippen LogP contribution >= 0.6 is 11.8 Å². The number of benzene rings is 2. The lowest BCUT2D eigenvalue weighted by Crippen LogP contribution is -2.36. The average molecular weight is 356 g/mol. The summed E-state index contributed by atoms with van der Waals surface area (Å²) >= 11 is 1.58. The molecule has 3 rings (SSSR count).